The number of halogens is 1. The Morgan fingerprint density at radius 3 is 2.12 bits per heavy atom. The first-order valence-corrected chi connectivity index (χ1v) is 8.27. The van der Waals surface area contributed by atoms with E-state index >= 15 is 0 Å². The highest BCUT2D eigenvalue weighted by molar-refractivity contribution is 9.09. The molecule has 0 amide bonds. The summed E-state index contributed by atoms with van der Waals surface area (Å²) < 4.78 is 6.34. The Kier molecular flexibility index (Phi) is 4.57. The van der Waals surface area contributed by atoms with Crippen molar-refractivity contribution in [2.75, 3.05) is 0 Å². The minimum absolute atomic E-state index is 0.403. The van der Waals surface area contributed by atoms with E-state index in [4.69, 9.17) is 4.74 Å². The lowest BCUT2D eigenvalue weighted by Gasteiger charge is -2.54. The molecule has 0 heterocycles. The molecule has 0 aromatic carbocycles. The van der Waals surface area contributed by atoms with Crippen molar-refractivity contribution in [2.45, 2.75) is 82.8 Å². The highest BCUT2D eigenvalue weighted by atomic mass is 79.9. The van der Waals surface area contributed by atoms with Gasteiger partial charge in [0, 0.05) is 10.2 Å². The monoisotopic (exact) mass is 302 g/mol. The fourth-order valence-electron chi connectivity index (χ4n) is 3.33. The maximum absolute atomic E-state index is 6.34. The number of rotatable bonds is 3. The van der Waals surface area contributed by atoms with Crippen molar-refractivity contribution in [1.29, 1.82) is 0 Å². The van der Waals surface area contributed by atoms with Gasteiger partial charge in [-0.15, -0.1) is 0 Å². The number of ether oxygens (including phenoxy) is 1. The van der Waals surface area contributed by atoms with Crippen molar-refractivity contribution in [3.63, 3.8) is 0 Å². The van der Waals surface area contributed by atoms with Gasteiger partial charge in [0.05, 0.1) is 12.2 Å². The van der Waals surface area contributed by atoms with Crippen LogP contribution in [0.1, 0.15) is 65.7 Å². The van der Waals surface area contributed by atoms with Crippen LogP contribution in [0.25, 0.3) is 0 Å². The molecule has 0 saturated heterocycles. The lowest BCUT2D eigenvalue weighted by Crippen LogP contribution is -2.56. The minimum atomic E-state index is 0.403. The predicted octanol–water partition coefficient (Wildman–Crippen LogP) is 4.92. The molecule has 3 atom stereocenters. The lowest BCUT2D eigenvalue weighted by molar-refractivity contribution is -0.147. The average molecular weight is 303 g/mol. The molecule has 2 aliphatic rings. The van der Waals surface area contributed by atoms with E-state index in [2.05, 4.69) is 36.7 Å². The Morgan fingerprint density at radius 2 is 1.65 bits per heavy atom. The van der Waals surface area contributed by atoms with Gasteiger partial charge in [-0.1, -0.05) is 55.5 Å². The van der Waals surface area contributed by atoms with E-state index in [9.17, 15) is 0 Å². The average Bonchev–Trinajstić information content (AvgIpc) is 2.55. The third kappa shape index (κ3) is 2.73. The summed E-state index contributed by atoms with van der Waals surface area (Å²) in [6.07, 6.45) is 10.5. The quantitative estimate of drug-likeness (QED) is 0.672. The Labute approximate surface area is 115 Å². The first-order valence-electron chi connectivity index (χ1n) is 7.36. The van der Waals surface area contributed by atoms with Gasteiger partial charge >= 0.3 is 0 Å². The molecule has 2 rings (SSSR count). The van der Waals surface area contributed by atoms with E-state index in [1.54, 1.807) is 0 Å². The van der Waals surface area contributed by atoms with E-state index in [0.29, 0.717) is 28.4 Å². The Bertz CT molecular complexity index is 243. The molecule has 0 bridgehead atoms. The lowest BCUT2D eigenvalue weighted by atomic mass is 9.61. The smallest absolute Gasteiger partial charge is 0.0656 e. The second-order valence-corrected chi connectivity index (χ2v) is 7.53. The van der Waals surface area contributed by atoms with Crippen molar-refractivity contribution in [1.82, 2.24) is 0 Å². The van der Waals surface area contributed by atoms with Crippen LogP contribution in [0.4, 0.5) is 0 Å². The zero-order chi connectivity index (χ0) is 12.5. The summed E-state index contributed by atoms with van der Waals surface area (Å²) in [5, 5.41) is 0. The zero-order valence-electron chi connectivity index (χ0n) is 11.5. The summed E-state index contributed by atoms with van der Waals surface area (Å²) in [5.74, 6) is 0.632. The highest BCUT2D eigenvalue weighted by Crippen LogP contribution is 2.56. The minimum Gasteiger partial charge on any atom is -0.374 e. The van der Waals surface area contributed by atoms with E-state index in [0.717, 1.165) is 0 Å². The molecule has 100 valence electrons. The Hall–Kier alpha value is 0.440. The molecule has 2 saturated carbocycles. The maximum Gasteiger partial charge on any atom is 0.0656 e. The first-order chi connectivity index (χ1) is 8.06. The predicted molar refractivity (Wildman–Crippen MR) is 76.6 cm³/mol. The summed E-state index contributed by atoms with van der Waals surface area (Å²) in [6, 6.07) is 0. The summed E-state index contributed by atoms with van der Waals surface area (Å²) in [7, 11) is 0. The van der Waals surface area contributed by atoms with Crippen LogP contribution in [-0.2, 0) is 4.74 Å². The van der Waals surface area contributed by atoms with Crippen LogP contribution in [0, 0.1) is 11.3 Å². The second kappa shape index (κ2) is 5.61. The molecule has 2 fully saturated rings. The Balaban J connectivity index is 1.98. The Morgan fingerprint density at radius 1 is 1.06 bits per heavy atom. The largest absolute Gasteiger partial charge is 0.374 e. The molecule has 2 aliphatic carbocycles. The molecule has 0 aromatic heterocycles. The van der Waals surface area contributed by atoms with Crippen LogP contribution in [0.15, 0.2) is 0 Å². The second-order valence-electron chi connectivity index (χ2n) is 6.42. The molecule has 2 heteroatoms. The number of alkyl halides is 1. The van der Waals surface area contributed by atoms with Gasteiger partial charge in [-0.2, -0.15) is 0 Å². The van der Waals surface area contributed by atoms with Gasteiger partial charge in [0.2, 0.25) is 0 Å². The van der Waals surface area contributed by atoms with Gasteiger partial charge in [0.25, 0.3) is 0 Å². The highest BCUT2D eigenvalue weighted by Gasteiger charge is 2.54. The molecule has 17 heavy (non-hydrogen) atoms. The van der Waals surface area contributed by atoms with E-state index in [1.165, 1.54) is 44.9 Å². The van der Waals surface area contributed by atoms with Gasteiger partial charge in [-0.05, 0) is 32.1 Å². The van der Waals surface area contributed by atoms with Gasteiger partial charge in [-0.3, -0.25) is 0 Å². The van der Waals surface area contributed by atoms with Crippen molar-refractivity contribution in [3.05, 3.63) is 0 Å². The number of hydrogen-bond donors (Lipinski definition) is 0. The molecule has 1 spiro atoms. The third-order valence-corrected chi connectivity index (χ3v) is 6.32. The van der Waals surface area contributed by atoms with Crippen molar-refractivity contribution in [2.24, 2.45) is 11.3 Å². The van der Waals surface area contributed by atoms with Crippen molar-refractivity contribution >= 4 is 15.9 Å². The SMILES string of the molecule is CC(C)C(C)OC1CC(Br)C12CCCCCC2. The fraction of sp³-hybridized carbons (Fsp3) is 1.00. The van der Waals surface area contributed by atoms with Crippen LogP contribution in [0.2, 0.25) is 0 Å². The normalized spacial score (nSPS) is 34.4. The molecule has 0 N–H and O–H groups in total. The van der Waals surface area contributed by atoms with Crippen LogP contribution < -0.4 is 0 Å². The van der Waals surface area contributed by atoms with E-state index < -0.39 is 0 Å². The molecular formula is C15H27BrO. The van der Waals surface area contributed by atoms with Gasteiger partial charge < -0.3 is 4.74 Å². The topological polar surface area (TPSA) is 9.23 Å². The van der Waals surface area contributed by atoms with Crippen LogP contribution in [0.5, 0.6) is 0 Å². The number of hydrogen-bond acceptors (Lipinski definition) is 1. The van der Waals surface area contributed by atoms with Crippen LogP contribution in [-0.4, -0.2) is 17.0 Å². The van der Waals surface area contributed by atoms with Crippen molar-refractivity contribution in [3.8, 4) is 0 Å². The summed E-state index contributed by atoms with van der Waals surface area (Å²) in [6.45, 7) is 6.75. The fourth-order valence-corrected chi connectivity index (χ4v) is 4.42. The molecule has 0 aromatic rings. The van der Waals surface area contributed by atoms with Gasteiger partial charge in [0.15, 0.2) is 0 Å². The summed E-state index contributed by atoms with van der Waals surface area (Å²) in [4.78, 5) is 0.706. The molecule has 0 radical (unpaired) electrons. The summed E-state index contributed by atoms with van der Waals surface area (Å²) in [5.41, 5.74) is 0.472. The standard InChI is InChI=1S/C15H27BrO/c1-11(2)12(3)17-14-10-13(16)15(14)8-6-4-5-7-9-15/h11-14H,4-10H2,1-3H3. The zero-order valence-corrected chi connectivity index (χ0v) is 13.1. The van der Waals surface area contributed by atoms with Crippen molar-refractivity contribution < 1.29 is 4.74 Å². The van der Waals surface area contributed by atoms with Crippen LogP contribution in [0.3, 0.4) is 0 Å². The molecular weight excluding hydrogens is 276 g/mol. The summed E-state index contributed by atoms with van der Waals surface area (Å²) >= 11 is 3.90. The van der Waals surface area contributed by atoms with Gasteiger partial charge in [0.1, 0.15) is 0 Å². The maximum atomic E-state index is 6.34. The molecule has 3 unspecified atom stereocenters. The van der Waals surface area contributed by atoms with Gasteiger partial charge in [-0.25, -0.2) is 0 Å². The van der Waals surface area contributed by atoms with E-state index in [-0.39, 0.29) is 0 Å². The third-order valence-electron chi connectivity index (χ3n) is 5.04. The molecule has 0 aliphatic heterocycles. The van der Waals surface area contributed by atoms with Crippen LogP contribution >= 0.6 is 15.9 Å². The van der Waals surface area contributed by atoms with E-state index in [1.807, 2.05) is 0 Å². The molecule has 1 nitrogen and oxygen atoms in total. The first kappa shape index (κ1) is 13.9.